The maximum Gasteiger partial charge on any atom is 0.254 e. The Morgan fingerprint density at radius 2 is 1.44 bits per heavy atom. The van der Waals surface area contributed by atoms with E-state index < -0.39 is 0 Å². The van der Waals surface area contributed by atoms with E-state index in [1.54, 1.807) is 28.4 Å². The van der Waals surface area contributed by atoms with Gasteiger partial charge in [-0.2, -0.15) is 0 Å². The average molecular weight is 462 g/mol. The molecule has 1 atom stereocenters. The number of hydrogen-bond donors (Lipinski definition) is 0. The lowest BCUT2D eigenvalue weighted by atomic mass is 9.87. The van der Waals surface area contributed by atoms with Crippen LogP contribution in [0.5, 0.6) is 23.0 Å². The molecule has 0 N–H and O–H groups in total. The minimum absolute atomic E-state index is 0.0194. The topological polar surface area (TPSA) is 57.2 Å². The van der Waals surface area contributed by atoms with E-state index in [9.17, 15) is 4.79 Å². The highest BCUT2D eigenvalue weighted by Gasteiger charge is 2.33. The van der Waals surface area contributed by atoms with Crippen LogP contribution in [-0.4, -0.2) is 45.8 Å². The first-order valence-electron chi connectivity index (χ1n) is 11.3. The van der Waals surface area contributed by atoms with Gasteiger partial charge in [0.1, 0.15) is 0 Å². The molecule has 6 heteroatoms. The molecule has 0 bridgehead atoms. The van der Waals surface area contributed by atoms with Crippen LogP contribution in [0.1, 0.15) is 38.7 Å². The van der Waals surface area contributed by atoms with Gasteiger partial charge in [-0.15, -0.1) is 0 Å². The molecule has 0 spiro atoms. The van der Waals surface area contributed by atoms with Crippen molar-refractivity contribution in [1.29, 1.82) is 0 Å². The van der Waals surface area contributed by atoms with Gasteiger partial charge in [-0.25, -0.2) is 0 Å². The highest BCUT2D eigenvalue weighted by atomic mass is 16.5. The van der Waals surface area contributed by atoms with E-state index >= 15 is 0 Å². The Balaban J connectivity index is 1.78. The quantitative estimate of drug-likeness (QED) is 0.495. The largest absolute Gasteiger partial charge is 0.493 e. The number of aryl methyl sites for hydroxylation is 1. The lowest BCUT2D eigenvalue weighted by Crippen LogP contribution is -2.41. The first-order chi connectivity index (χ1) is 16.5. The van der Waals surface area contributed by atoms with Crippen LogP contribution in [0, 0.1) is 6.92 Å². The van der Waals surface area contributed by atoms with Gasteiger partial charge in [-0.1, -0.05) is 23.8 Å². The Bertz CT molecular complexity index is 1170. The molecule has 34 heavy (non-hydrogen) atoms. The van der Waals surface area contributed by atoms with Crippen molar-refractivity contribution in [3.63, 3.8) is 0 Å². The van der Waals surface area contributed by atoms with Crippen molar-refractivity contribution in [2.75, 3.05) is 35.0 Å². The molecule has 178 valence electrons. The fourth-order valence-corrected chi connectivity index (χ4v) is 4.58. The Morgan fingerprint density at radius 3 is 2.09 bits per heavy atom. The van der Waals surface area contributed by atoms with Gasteiger partial charge < -0.3 is 23.8 Å². The van der Waals surface area contributed by atoms with Gasteiger partial charge in [0.25, 0.3) is 5.91 Å². The Labute approximate surface area is 201 Å². The molecule has 1 aliphatic heterocycles. The van der Waals surface area contributed by atoms with Crippen LogP contribution < -0.4 is 18.9 Å². The second-order valence-corrected chi connectivity index (χ2v) is 8.43. The fraction of sp³-hybridized carbons (Fsp3) is 0.321. The summed E-state index contributed by atoms with van der Waals surface area (Å²) in [5, 5.41) is 0. The van der Waals surface area contributed by atoms with Crippen molar-refractivity contribution in [3.8, 4) is 23.0 Å². The summed E-state index contributed by atoms with van der Waals surface area (Å²) in [6.45, 7) is 2.64. The minimum atomic E-state index is -0.171. The summed E-state index contributed by atoms with van der Waals surface area (Å²) in [5.74, 6) is 2.72. The van der Waals surface area contributed by atoms with E-state index in [1.165, 1.54) is 0 Å². The maximum atomic E-state index is 13.6. The lowest BCUT2D eigenvalue weighted by molar-refractivity contribution is 0.0659. The molecule has 1 aliphatic rings. The third-order valence-electron chi connectivity index (χ3n) is 6.44. The van der Waals surface area contributed by atoms with Crippen LogP contribution in [0.2, 0.25) is 0 Å². The van der Waals surface area contributed by atoms with Crippen LogP contribution in [0.25, 0.3) is 0 Å². The molecule has 6 nitrogen and oxygen atoms in total. The van der Waals surface area contributed by atoms with Crippen LogP contribution in [0.4, 0.5) is 0 Å². The predicted octanol–water partition coefficient (Wildman–Crippen LogP) is 5.01. The van der Waals surface area contributed by atoms with Crippen LogP contribution in [0.15, 0.2) is 54.6 Å². The minimum Gasteiger partial charge on any atom is -0.493 e. The van der Waals surface area contributed by atoms with Crippen molar-refractivity contribution in [2.24, 2.45) is 0 Å². The number of benzene rings is 3. The molecule has 3 aromatic rings. The van der Waals surface area contributed by atoms with Crippen LogP contribution >= 0.6 is 0 Å². The van der Waals surface area contributed by atoms with Gasteiger partial charge >= 0.3 is 0 Å². The van der Waals surface area contributed by atoms with E-state index in [1.807, 2.05) is 66.4 Å². The second-order valence-electron chi connectivity index (χ2n) is 8.43. The number of nitrogens with zero attached hydrogens (tertiary/aromatic N) is 1. The van der Waals surface area contributed by atoms with Gasteiger partial charge in [-0.05, 0) is 72.9 Å². The van der Waals surface area contributed by atoms with E-state index in [0.717, 1.165) is 28.7 Å². The van der Waals surface area contributed by atoms with Gasteiger partial charge in [0.15, 0.2) is 23.0 Å². The fourth-order valence-electron chi connectivity index (χ4n) is 4.58. The number of hydrogen-bond acceptors (Lipinski definition) is 5. The molecule has 0 unspecified atom stereocenters. The number of amides is 1. The molecule has 0 fully saturated rings. The summed E-state index contributed by atoms with van der Waals surface area (Å²) in [6.07, 6.45) is 1.37. The van der Waals surface area contributed by atoms with Crippen molar-refractivity contribution in [3.05, 3.63) is 82.4 Å². The Kier molecular flexibility index (Phi) is 6.96. The summed E-state index contributed by atoms with van der Waals surface area (Å²) in [5.41, 5.74) is 5.09. The number of fused-ring (bicyclic) bond motifs is 1. The van der Waals surface area contributed by atoms with E-state index in [4.69, 9.17) is 18.9 Å². The first kappa shape index (κ1) is 23.5. The summed E-state index contributed by atoms with van der Waals surface area (Å²) in [7, 11) is 6.52. The lowest BCUT2D eigenvalue weighted by Gasteiger charge is -2.38. The molecular formula is C28H31NO5. The smallest absolute Gasteiger partial charge is 0.254 e. The summed E-state index contributed by atoms with van der Waals surface area (Å²) in [4.78, 5) is 15.6. The number of methoxy groups -OCH3 is 4. The molecule has 0 saturated heterocycles. The first-order valence-corrected chi connectivity index (χ1v) is 11.3. The van der Waals surface area contributed by atoms with Gasteiger partial charge in [0, 0.05) is 12.1 Å². The highest BCUT2D eigenvalue weighted by Crippen LogP contribution is 2.40. The zero-order valence-electron chi connectivity index (χ0n) is 20.4. The van der Waals surface area contributed by atoms with Gasteiger partial charge in [0.05, 0.1) is 34.5 Å². The Hall–Kier alpha value is -3.67. The second kappa shape index (κ2) is 10.1. The van der Waals surface area contributed by atoms with E-state index in [2.05, 4.69) is 0 Å². The standard InChI is InChI=1S/C28H31NO5/c1-18-6-9-20(10-7-18)28(30)29-13-12-21-16-26(33-4)27(34-5)17-22(21)23(29)14-19-8-11-24(31-2)25(15-19)32-3/h6-11,15-17,23H,12-14H2,1-5H3/t23-/m1/s1. The number of carbonyl (C=O) groups excluding carboxylic acids is 1. The molecule has 1 heterocycles. The van der Waals surface area contributed by atoms with E-state index in [-0.39, 0.29) is 11.9 Å². The maximum absolute atomic E-state index is 13.6. The molecular weight excluding hydrogens is 430 g/mol. The van der Waals surface area contributed by atoms with Crippen LogP contribution in [-0.2, 0) is 12.8 Å². The number of ether oxygens (including phenoxy) is 4. The zero-order chi connectivity index (χ0) is 24.2. The van der Waals surface area contributed by atoms with Gasteiger partial charge in [-0.3, -0.25) is 4.79 Å². The monoisotopic (exact) mass is 461 g/mol. The predicted molar refractivity (Wildman–Crippen MR) is 131 cm³/mol. The summed E-state index contributed by atoms with van der Waals surface area (Å²) >= 11 is 0. The third-order valence-corrected chi connectivity index (χ3v) is 6.44. The molecule has 0 saturated carbocycles. The number of rotatable bonds is 7. The summed E-state index contributed by atoms with van der Waals surface area (Å²) in [6, 6.07) is 17.5. The van der Waals surface area contributed by atoms with E-state index in [0.29, 0.717) is 41.5 Å². The van der Waals surface area contributed by atoms with Gasteiger partial charge in [0.2, 0.25) is 0 Å². The van der Waals surface area contributed by atoms with Crippen molar-refractivity contribution < 1.29 is 23.7 Å². The molecule has 4 rings (SSSR count). The van der Waals surface area contributed by atoms with Crippen molar-refractivity contribution >= 4 is 5.91 Å². The van der Waals surface area contributed by atoms with Crippen LogP contribution in [0.3, 0.4) is 0 Å². The molecule has 0 radical (unpaired) electrons. The van der Waals surface area contributed by atoms with Crippen molar-refractivity contribution in [1.82, 2.24) is 4.90 Å². The third kappa shape index (κ3) is 4.53. The normalized spacial score (nSPS) is 14.9. The Morgan fingerprint density at radius 1 is 0.824 bits per heavy atom. The summed E-state index contributed by atoms with van der Waals surface area (Å²) < 4.78 is 22.0. The zero-order valence-corrected chi connectivity index (χ0v) is 20.4. The number of carbonyl (C=O) groups is 1. The molecule has 0 aromatic heterocycles. The average Bonchev–Trinajstić information content (AvgIpc) is 2.87. The SMILES string of the molecule is COc1ccc(C[C@@H]2c3cc(OC)c(OC)cc3CCN2C(=O)c2ccc(C)cc2)cc1OC. The highest BCUT2D eigenvalue weighted by molar-refractivity contribution is 5.94. The van der Waals surface area contributed by atoms with Crippen molar-refractivity contribution in [2.45, 2.75) is 25.8 Å². The molecule has 3 aromatic carbocycles. The molecule has 1 amide bonds. The molecule has 0 aliphatic carbocycles.